The molecule has 1 aromatic rings. The third kappa shape index (κ3) is 2.31. The zero-order chi connectivity index (χ0) is 12.4. The minimum atomic E-state index is -0.502. The Hall–Kier alpha value is -1.42. The predicted octanol–water partition coefficient (Wildman–Crippen LogP) is 1.94. The lowest BCUT2D eigenvalue weighted by Gasteiger charge is -2.13. The maximum atomic E-state index is 11.6. The number of esters is 1. The van der Waals surface area contributed by atoms with Crippen LogP contribution in [0.1, 0.15) is 52.7 Å². The fourth-order valence-corrected chi connectivity index (χ4v) is 2.26. The maximum absolute atomic E-state index is 11.6. The molecule has 0 aliphatic heterocycles. The van der Waals surface area contributed by atoms with Crippen LogP contribution < -0.4 is 0 Å². The fourth-order valence-electron chi connectivity index (χ4n) is 2.26. The number of ether oxygens (including phenoxy) is 1. The standard InChI is InChI=1S/C13H17NO3/c1-8-10(13(16)17-2)7-9-5-3-4-6-11(15)12(9)14-8/h7,11,15H,3-6H2,1-2H3. The summed E-state index contributed by atoms with van der Waals surface area (Å²) in [7, 11) is 1.36. The van der Waals surface area contributed by atoms with Gasteiger partial charge in [-0.3, -0.25) is 4.98 Å². The van der Waals surface area contributed by atoms with Crippen LogP contribution in [0.3, 0.4) is 0 Å². The van der Waals surface area contributed by atoms with Crippen molar-refractivity contribution in [2.45, 2.75) is 38.7 Å². The summed E-state index contributed by atoms with van der Waals surface area (Å²) in [4.78, 5) is 15.9. The average molecular weight is 235 g/mol. The average Bonchev–Trinajstić information content (AvgIpc) is 2.50. The number of aliphatic hydroxyl groups is 1. The molecule has 2 rings (SSSR count). The molecule has 1 unspecified atom stereocenters. The fraction of sp³-hybridized carbons (Fsp3) is 0.538. The highest BCUT2D eigenvalue weighted by atomic mass is 16.5. The van der Waals surface area contributed by atoms with E-state index in [1.54, 1.807) is 6.92 Å². The smallest absolute Gasteiger partial charge is 0.339 e. The Bertz CT molecular complexity index is 443. The van der Waals surface area contributed by atoms with Crippen molar-refractivity contribution in [1.29, 1.82) is 0 Å². The molecule has 1 aromatic heterocycles. The Morgan fingerprint density at radius 1 is 1.53 bits per heavy atom. The van der Waals surface area contributed by atoms with Gasteiger partial charge in [0.25, 0.3) is 0 Å². The molecule has 0 saturated carbocycles. The largest absolute Gasteiger partial charge is 0.465 e. The molecule has 0 aromatic carbocycles. The van der Waals surface area contributed by atoms with Crippen LogP contribution in [0.5, 0.6) is 0 Å². The van der Waals surface area contributed by atoms with Crippen molar-refractivity contribution in [3.05, 3.63) is 28.6 Å². The van der Waals surface area contributed by atoms with Crippen LogP contribution in [0, 0.1) is 6.92 Å². The molecule has 0 fully saturated rings. The normalized spacial score (nSPS) is 19.4. The van der Waals surface area contributed by atoms with Crippen molar-refractivity contribution < 1.29 is 14.6 Å². The molecule has 0 amide bonds. The van der Waals surface area contributed by atoms with E-state index in [4.69, 9.17) is 4.74 Å². The predicted molar refractivity (Wildman–Crippen MR) is 62.8 cm³/mol. The van der Waals surface area contributed by atoms with Gasteiger partial charge in [0.05, 0.1) is 30.2 Å². The van der Waals surface area contributed by atoms with Gasteiger partial charge in [0.15, 0.2) is 0 Å². The van der Waals surface area contributed by atoms with Crippen LogP contribution in [-0.2, 0) is 11.2 Å². The zero-order valence-electron chi connectivity index (χ0n) is 10.2. The van der Waals surface area contributed by atoms with E-state index in [1.807, 2.05) is 6.07 Å². The molecule has 0 bridgehead atoms. The van der Waals surface area contributed by atoms with E-state index in [0.717, 1.165) is 36.9 Å². The third-order valence-electron chi connectivity index (χ3n) is 3.22. The van der Waals surface area contributed by atoms with Crippen LogP contribution in [0.15, 0.2) is 6.07 Å². The number of hydrogen-bond donors (Lipinski definition) is 1. The molecule has 1 aliphatic carbocycles. The summed E-state index contributed by atoms with van der Waals surface area (Å²) in [6, 6.07) is 1.82. The number of aryl methyl sites for hydroxylation is 2. The maximum Gasteiger partial charge on any atom is 0.339 e. The topological polar surface area (TPSA) is 59.4 Å². The second kappa shape index (κ2) is 4.84. The van der Waals surface area contributed by atoms with Crippen LogP contribution in [0.2, 0.25) is 0 Å². The second-order valence-electron chi connectivity index (χ2n) is 4.42. The van der Waals surface area contributed by atoms with Gasteiger partial charge in [-0.15, -0.1) is 0 Å². The summed E-state index contributed by atoms with van der Waals surface area (Å²) in [5.74, 6) is -0.364. The zero-order valence-corrected chi connectivity index (χ0v) is 10.2. The van der Waals surface area contributed by atoms with Gasteiger partial charge in [-0.25, -0.2) is 4.79 Å². The number of methoxy groups -OCH3 is 1. The van der Waals surface area contributed by atoms with Gasteiger partial charge in [0.2, 0.25) is 0 Å². The Morgan fingerprint density at radius 2 is 2.29 bits per heavy atom. The molecule has 0 saturated heterocycles. The first-order valence-corrected chi connectivity index (χ1v) is 5.90. The number of hydrogen-bond acceptors (Lipinski definition) is 4. The molecular formula is C13H17NO3. The molecule has 4 nitrogen and oxygen atoms in total. The first-order chi connectivity index (χ1) is 8.13. The highest BCUT2D eigenvalue weighted by Crippen LogP contribution is 2.28. The van der Waals surface area contributed by atoms with E-state index in [2.05, 4.69) is 4.98 Å². The van der Waals surface area contributed by atoms with Gasteiger partial charge in [-0.05, 0) is 37.8 Å². The summed E-state index contributed by atoms with van der Waals surface area (Å²) in [6.07, 6.45) is 3.12. The van der Waals surface area contributed by atoms with E-state index in [9.17, 15) is 9.90 Å². The second-order valence-corrected chi connectivity index (χ2v) is 4.42. The van der Waals surface area contributed by atoms with E-state index in [-0.39, 0.29) is 5.97 Å². The molecule has 1 aliphatic rings. The van der Waals surface area contributed by atoms with Gasteiger partial charge in [0.1, 0.15) is 0 Å². The van der Waals surface area contributed by atoms with Crippen LogP contribution in [0.4, 0.5) is 0 Å². The molecule has 0 radical (unpaired) electrons. The Morgan fingerprint density at radius 3 is 3.00 bits per heavy atom. The lowest BCUT2D eigenvalue weighted by atomic mass is 10.0. The summed E-state index contributed by atoms with van der Waals surface area (Å²) in [5, 5.41) is 9.97. The Labute approximate surface area is 101 Å². The molecule has 0 spiro atoms. The molecular weight excluding hydrogens is 218 g/mol. The van der Waals surface area contributed by atoms with Crippen molar-refractivity contribution in [1.82, 2.24) is 4.98 Å². The number of nitrogens with zero attached hydrogens (tertiary/aromatic N) is 1. The lowest BCUT2D eigenvalue weighted by molar-refractivity contribution is 0.0598. The number of aliphatic hydroxyl groups excluding tert-OH is 1. The van der Waals surface area contributed by atoms with Gasteiger partial charge in [-0.2, -0.15) is 0 Å². The monoisotopic (exact) mass is 235 g/mol. The van der Waals surface area contributed by atoms with Gasteiger partial charge in [-0.1, -0.05) is 6.42 Å². The lowest BCUT2D eigenvalue weighted by Crippen LogP contribution is -2.11. The van der Waals surface area contributed by atoms with E-state index in [0.29, 0.717) is 11.3 Å². The number of carbonyl (C=O) groups excluding carboxylic acids is 1. The minimum Gasteiger partial charge on any atom is -0.465 e. The van der Waals surface area contributed by atoms with Gasteiger partial charge in [0, 0.05) is 0 Å². The molecule has 1 heterocycles. The quantitative estimate of drug-likeness (QED) is 0.597. The highest BCUT2D eigenvalue weighted by Gasteiger charge is 2.21. The number of rotatable bonds is 1. The van der Waals surface area contributed by atoms with Crippen molar-refractivity contribution in [2.75, 3.05) is 7.11 Å². The van der Waals surface area contributed by atoms with Crippen molar-refractivity contribution in [3.8, 4) is 0 Å². The van der Waals surface area contributed by atoms with Crippen LogP contribution in [0.25, 0.3) is 0 Å². The van der Waals surface area contributed by atoms with E-state index >= 15 is 0 Å². The molecule has 17 heavy (non-hydrogen) atoms. The number of fused-ring (bicyclic) bond motifs is 1. The Kier molecular flexibility index (Phi) is 3.43. The summed E-state index contributed by atoms with van der Waals surface area (Å²) >= 11 is 0. The minimum absolute atomic E-state index is 0.364. The van der Waals surface area contributed by atoms with Crippen LogP contribution in [-0.4, -0.2) is 23.2 Å². The molecule has 92 valence electrons. The summed E-state index contributed by atoms with van der Waals surface area (Å²) < 4.78 is 4.72. The first-order valence-electron chi connectivity index (χ1n) is 5.90. The SMILES string of the molecule is COC(=O)c1cc2c(nc1C)C(O)CCCC2. The van der Waals surface area contributed by atoms with Crippen molar-refractivity contribution in [2.24, 2.45) is 0 Å². The highest BCUT2D eigenvalue weighted by molar-refractivity contribution is 5.90. The van der Waals surface area contributed by atoms with Crippen molar-refractivity contribution in [3.63, 3.8) is 0 Å². The number of carbonyl (C=O) groups is 1. The third-order valence-corrected chi connectivity index (χ3v) is 3.22. The number of pyridine rings is 1. The molecule has 1 N–H and O–H groups in total. The van der Waals surface area contributed by atoms with Gasteiger partial charge >= 0.3 is 5.97 Å². The molecule has 1 atom stereocenters. The first kappa shape index (κ1) is 12.0. The molecule has 4 heteroatoms. The van der Waals surface area contributed by atoms with E-state index in [1.165, 1.54) is 7.11 Å². The Balaban J connectivity index is 2.48. The van der Waals surface area contributed by atoms with Gasteiger partial charge < -0.3 is 9.84 Å². The summed E-state index contributed by atoms with van der Waals surface area (Å²) in [6.45, 7) is 1.77. The van der Waals surface area contributed by atoms with E-state index < -0.39 is 6.10 Å². The number of aromatic nitrogens is 1. The summed E-state index contributed by atoms with van der Waals surface area (Å²) in [5.41, 5.74) is 2.82. The van der Waals surface area contributed by atoms with Crippen LogP contribution >= 0.6 is 0 Å². The van der Waals surface area contributed by atoms with Crippen molar-refractivity contribution >= 4 is 5.97 Å².